The topological polar surface area (TPSA) is 41.6 Å². The molecule has 4 nitrogen and oxygen atoms in total. The zero-order chi connectivity index (χ0) is 12.3. The maximum absolute atomic E-state index is 12.3. The van der Waals surface area contributed by atoms with E-state index in [2.05, 4.69) is 5.32 Å². The van der Waals surface area contributed by atoms with Gasteiger partial charge in [0.15, 0.2) is 5.75 Å². The van der Waals surface area contributed by atoms with E-state index in [9.17, 15) is 4.79 Å². The van der Waals surface area contributed by atoms with Gasteiger partial charge in [-0.2, -0.15) is 0 Å². The van der Waals surface area contributed by atoms with Crippen molar-refractivity contribution in [2.75, 3.05) is 31.6 Å². The van der Waals surface area contributed by atoms with Crippen LogP contribution in [0, 0.1) is 0 Å². The average molecular weight is 234 g/mol. The van der Waals surface area contributed by atoms with E-state index in [1.165, 1.54) is 0 Å². The molecule has 1 aromatic carbocycles. The van der Waals surface area contributed by atoms with Gasteiger partial charge in [-0.15, -0.1) is 0 Å². The number of rotatable bonds is 3. The summed E-state index contributed by atoms with van der Waals surface area (Å²) in [5, 5.41) is 3.24. The number of nitrogens with one attached hydrogen (secondary N) is 1. The van der Waals surface area contributed by atoms with Crippen LogP contribution in [-0.4, -0.2) is 37.0 Å². The molecule has 1 aromatic rings. The van der Waals surface area contributed by atoms with Gasteiger partial charge in [0.1, 0.15) is 6.61 Å². The van der Waals surface area contributed by atoms with Crippen molar-refractivity contribution in [1.29, 1.82) is 0 Å². The zero-order valence-corrected chi connectivity index (χ0v) is 10.3. The molecule has 1 N–H and O–H groups in total. The van der Waals surface area contributed by atoms with Gasteiger partial charge in [-0.05, 0) is 26.0 Å². The van der Waals surface area contributed by atoms with Crippen molar-refractivity contribution in [3.05, 3.63) is 23.8 Å². The monoisotopic (exact) mass is 234 g/mol. The Hall–Kier alpha value is -1.71. The summed E-state index contributed by atoms with van der Waals surface area (Å²) in [5.74, 6) is 0.728. The second-order valence-corrected chi connectivity index (χ2v) is 3.93. The van der Waals surface area contributed by atoms with E-state index in [1.807, 2.05) is 32.0 Å². The Morgan fingerprint density at radius 2 is 2.18 bits per heavy atom. The molecule has 0 fully saturated rings. The number of fused-ring (bicyclic) bond motifs is 1. The standard InChI is InChI=1S/C13H18N2O2/c1-3-15(4-2)13(16)10-6-5-7-11-12(10)17-9-8-14-11/h5-7,14H,3-4,8-9H2,1-2H3. The van der Waals surface area contributed by atoms with Crippen LogP contribution in [0.1, 0.15) is 24.2 Å². The summed E-state index contributed by atoms with van der Waals surface area (Å²) >= 11 is 0. The van der Waals surface area contributed by atoms with Crippen molar-refractivity contribution >= 4 is 11.6 Å². The third-order valence-corrected chi connectivity index (χ3v) is 2.96. The van der Waals surface area contributed by atoms with Crippen molar-refractivity contribution in [2.24, 2.45) is 0 Å². The van der Waals surface area contributed by atoms with Crippen molar-refractivity contribution in [3.8, 4) is 5.75 Å². The highest BCUT2D eigenvalue weighted by atomic mass is 16.5. The number of benzene rings is 1. The molecule has 0 atom stereocenters. The molecule has 1 heterocycles. The maximum atomic E-state index is 12.3. The number of para-hydroxylation sites is 1. The van der Waals surface area contributed by atoms with Crippen LogP contribution in [0.4, 0.5) is 5.69 Å². The fraction of sp³-hybridized carbons (Fsp3) is 0.462. The lowest BCUT2D eigenvalue weighted by molar-refractivity contribution is 0.0768. The van der Waals surface area contributed by atoms with E-state index in [0.29, 0.717) is 31.0 Å². The Morgan fingerprint density at radius 3 is 2.88 bits per heavy atom. The lowest BCUT2D eigenvalue weighted by atomic mass is 10.1. The van der Waals surface area contributed by atoms with Gasteiger partial charge in [0.25, 0.3) is 5.91 Å². The SMILES string of the molecule is CCN(CC)C(=O)c1cccc2c1OCCN2. The quantitative estimate of drug-likeness (QED) is 0.869. The fourth-order valence-corrected chi connectivity index (χ4v) is 2.02. The van der Waals surface area contributed by atoms with Crippen LogP contribution in [0.5, 0.6) is 5.75 Å². The molecule has 1 aliphatic rings. The molecule has 0 radical (unpaired) electrons. The van der Waals surface area contributed by atoms with Crippen LogP contribution >= 0.6 is 0 Å². The van der Waals surface area contributed by atoms with Crippen LogP contribution in [0.3, 0.4) is 0 Å². The first-order chi connectivity index (χ1) is 8.27. The Labute approximate surface area is 102 Å². The van der Waals surface area contributed by atoms with Crippen LogP contribution in [0.2, 0.25) is 0 Å². The van der Waals surface area contributed by atoms with Crippen LogP contribution in [0.15, 0.2) is 18.2 Å². The molecule has 0 aliphatic carbocycles. The van der Waals surface area contributed by atoms with Crippen molar-refractivity contribution in [1.82, 2.24) is 4.90 Å². The van der Waals surface area contributed by atoms with E-state index < -0.39 is 0 Å². The molecule has 0 bridgehead atoms. The van der Waals surface area contributed by atoms with Gasteiger partial charge >= 0.3 is 0 Å². The third-order valence-electron chi connectivity index (χ3n) is 2.96. The van der Waals surface area contributed by atoms with E-state index in [-0.39, 0.29) is 5.91 Å². The summed E-state index contributed by atoms with van der Waals surface area (Å²) in [7, 11) is 0. The van der Waals surface area contributed by atoms with Gasteiger partial charge in [-0.25, -0.2) is 0 Å². The minimum absolute atomic E-state index is 0.0375. The number of nitrogens with zero attached hydrogens (tertiary/aromatic N) is 1. The zero-order valence-electron chi connectivity index (χ0n) is 10.3. The van der Waals surface area contributed by atoms with Gasteiger partial charge in [0.2, 0.25) is 0 Å². The Morgan fingerprint density at radius 1 is 1.41 bits per heavy atom. The summed E-state index contributed by atoms with van der Waals surface area (Å²) in [5.41, 5.74) is 1.56. The fourth-order valence-electron chi connectivity index (χ4n) is 2.02. The Bertz CT molecular complexity index is 414. The summed E-state index contributed by atoms with van der Waals surface area (Å²) in [6, 6.07) is 5.65. The molecule has 0 aromatic heterocycles. The molecular formula is C13H18N2O2. The second-order valence-electron chi connectivity index (χ2n) is 3.93. The number of carbonyl (C=O) groups is 1. The smallest absolute Gasteiger partial charge is 0.257 e. The van der Waals surface area contributed by atoms with Crippen molar-refractivity contribution < 1.29 is 9.53 Å². The molecule has 0 unspecified atom stereocenters. The van der Waals surface area contributed by atoms with Gasteiger partial charge in [0.05, 0.1) is 11.3 Å². The highest BCUT2D eigenvalue weighted by Gasteiger charge is 2.21. The first-order valence-corrected chi connectivity index (χ1v) is 6.06. The highest BCUT2D eigenvalue weighted by Crippen LogP contribution is 2.31. The predicted molar refractivity (Wildman–Crippen MR) is 67.7 cm³/mol. The third kappa shape index (κ3) is 2.20. The van der Waals surface area contributed by atoms with E-state index in [4.69, 9.17) is 4.74 Å². The van der Waals surface area contributed by atoms with Gasteiger partial charge in [-0.1, -0.05) is 6.07 Å². The molecule has 0 saturated carbocycles. The molecule has 4 heteroatoms. The number of hydrogen-bond acceptors (Lipinski definition) is 3. The molecule has 92 valence electrons. The van der Waals surface area contributed by atoms with E-state index in [1.54, 1.807) is 4.90 Å². The largest absolute Gasteiger partial charge is 0.489 e. The predicted octanol–water partition coefficient (Wildman–Crippen LogP) is 1.97. The molecule has 0 saturated heterocycles. The number of hydrogen-bond donors (Lipinski definition) is 1. The molecular weight excluding hydrogens is 216 g/mol. The van der Waals surface area contributed by atoms with E-state index >= 15 is 0 Å². The first-order valence-electron chi connectivity index (χ1n) is 6.06. The lowest BCUT2D eigenvalue weighted by Crippen LogP contribution is -2.31. The van der Waals surface area contributed by atoms with Crippen LogP contribution < -0.4 is 10.1 Å². The molecule has 1 aliphatic heterocycles. The molecule has 2 rings (SSSR count). The van der Waals surface area contributed by atoms with Crippen LogP contribution in [-0.2, 0) is 0 Å². The second kappa shape index (κ2) is 5.08. The average Bonchev–Trinajstić information content (AvgIpc) is 2.39. The summed E-state index contributed by atoms with van der Waals surface area (Å²) < 4.78 is 5.60. The molecule has 0 spiro atoms. The van der Waals surface area contributed by atoms with Crippen molar-refractivity contribution in [2.45, 2.75) is 13.8 Å². The highest BCUT2D eigenvalue weighted by molar-refractivity contribution is 5.99. The summed E-state index contributed by atoms with van der Waals surface area (Å²) in [6.45, 7) is 6.79. The Kier molecular flexibility index (Phi) is 3.52. The lowest BCUT2D eigenvalue weighted by Gasteiger charge is -2.24. The minimum atomic E-state index is 0.0375. The maximum Gasteiger partial charge on any atom is 0.257 e. The van der Waals surface area contributed by atoms with Gasteiger partial charge in [0, 0.05) is 19.6 Å². The number of anilines is 1. The minimum Gasteiger partial charge on any atom is -0.489 e. The number of ether oxygens (including phenoxy) is 1. The van der Waals surface area contributed by atoms with Gasteiger partial charge < -0.3 is 15.0 Å². The van der Waals surface area contributed by atoms with Crippen LogP contribution in [0.25, 0.3) is 0 Å². The normalized spacial score (nSPS) is 13.3. The molecule has 1 amide bonds. The molecule has 17 heavy (non-hydrogen) atoms. The number of carbonyl (C=O) groups excluding carboxylic acids is 1. The number of amides is 1. The first kappa shape index (κ1) is 11.8. The summed E-state index contributed by atoms with van der Waals surface area (Å²) in [6.07, 6.45) is 0. The van der Waals surface area contributed by atoms with Gasteiger partial charge in [-0.3, -0.25) is 4.79 Å². The Balaban J connectivity index is 2.35. The van der Waals surface area contributed by atoms with Crippen molar-refractivity contribution in [3.63, 3.8) is 0 Å². The van der Waals surface area contributed by atoms with E-state index in [0.717, 1.165) is 12.2 Å². The summed E-state index contributed by atoms with van der Waals surface area (Å²) in [4.78, 5) is 14.1.